The lowest BCUT2D eigenvalue weighted by molar-refractivity contribution is -0.260. The molecule has 0 aromatic rings. The Balaban J connectivity index is 2.74. The molecule has 1 saturated carbocycles. The molecule has 1 fully saturated rings. The molecule has 0 aliphatic heterocycles. The summed E-state index contributed by atoms with van der Waals surface area (Å²) in [5.74, 6) is -0.303. The van der Waals surface area contributed by atoms with Crippen LogP contribution in [-0.4, -0.2) is 23.3 Å². The minimum Gasteiger partial charge on any atom is -0.461 e. The zero-order valence-electron chi connectivity index (χ0n) is 10.5. The third kappa shape index (κ3) is 1.78. The van der Waals surface area contributed by atoms with Crippen LogP contribution >= 0.6 is 0 Å². The number of hydrogen-bond acceptors (Lipinski definition) is 3. The minimum absolute atomic E-state index is 0.116. The van der Waals surface area contributed by atoms with E-state index in [0.29, 0.717) is 0 Å². The van der Waals surface area contributed by atoms with Crippen molar-refractivity contribution in [1.82, 2.24) is 0 Å². The van der Waals surface area contributed by atoms with E-state index in [1.807, 2.05) is 41.5 Å². The molecular weight excluding hydrogens is 192 g/mol. The van der Waals surface area contributed by atoms with Gasteiger partial charge in [0.25, 0.3) is 0 Å². The predicted molar refractivity (Wildman–Crippen MR) is 58.3 cm³/mol. The van der Waals surface area contributed by atoms with E-state index in [1.165, 1.54) is 0 Å². The quantitative estimate of drug-likeness (QED) is 0.715. The first-order valence-electron chi connectivity index (χ1n) is 5.50. The van der Waals surface area contributed by atoms with Crippen molar-refractivity contribution in [3.63, 3.8) is 0 Å². The van der Waals surface area contributed by atoms with Crippen molar-refractivity contribution in [3.05, 3.63) is 0 Å². The lowest BCUT2D eigenvalue weighted by Gasteiger charge is -2.60. The largest absolute Gasteiger partial charge is 0.461 e. The van der Waals surface area contributed by atoms with Crippen LogP contribution in [0, 0.1) is 16.7 Å². The lowest BCUT2D eigenvalue weighted by atomic mass is 9.51. The van der Waals surface area contributed by atoms with Gasteiger partial charge in [0.05, 0.1) is 12.0 Å². The van der Waals surface area contributed by atoms with E-state index >= 15 is 0 Å². The molecule has 0 unspecified atom stereocenters. The fraction of sp³-hybridized carbons (Fsp3) is 0.917. The summed E-state index contributed by atoms with van der Waals surface area (Å²) in [4.78, 5) is 11.5. The number of rotatable bonds is 2. The summed E-state index contributed by atoms with van der Waals surface area (Å²) >= 11 is 0. The molecule has 0 bridgehead atoms. The van der Waals surface area contributed by atoms with Crippen LogP contribution in [-0.2, 0) is 9.53 Å². The molecule has 3 heteroatoms. The molecule has 0 heterocycles. The first-order valence-corrected chi connectivity index (χ1v) is 5.50. The average Bonchev–Trinajstić information content (AvgIpc) is 2.11. The van der Waals surface area contributed by atoms with E-state index in [9.17, 15) is 9.90 Å². The van der Waals surface area contributed by atoms with Gasteiger partial charge in [0, 0.05) is 10.8 Å². The highest BCUT2D eigenvalue weighted by molar-refractivity contribution is 5.72. The second-order valence-corrected chi connectivity index (χ2v) is 6.02. The number of aliphatic hydroxyl groups is 1. The Morgan fingerprint density at radius 2 is 1.60 bits per heavy atom. The normalized spacial score (nSPS) is 32.3. The highest BCUT2D eigenvalue weighted by Crippen LogP contribution is 2.55. The molecule has 0 aromatic heterocycles. The van der Waals surface area contributed by atoms with Gasteiger partial charge in [-0.1, -0.05) is 41.5 Å². The molecule has 0 aromatic carbocycles. The van der Waals surface area contributed by atoms with Crippen LogP contribution in [0.15, 0.2) is 0 Å². The fourth-order valence-electron chi connectivity index (χ4n) is 2.66. The summed E-state index contributed by atoms with van der Waals surface area (Å²) < 4.78 is 5.45. The zero-order chi connectivity index (χ0) is 12.0. The number of ether oxygens (including phenoxy) is 1. The highest BCUT2D eigenvalue weighted by atomic mass is 16.6. The Labute approximate surface area is 91.8 Å². The van der Waals surface area contributed by atoms with Crippen LogP contribution in [0.1, 0.15) is 41.5 Å². The molecule has 1 aliphatic carbocycles. The van der Waals surface area contributed by atoms with Crippen molar-refractivity contribution >= 4 is 5.97 Å². The standard InChI is InChI=1S/C12H22O3/c1-7(2)8(13)15-10-11(3,4)9(14)12(10,5)6/h7,9-10,14H,1-6H3. The van der Waals surface area contributed by atoms with Gasteiger partial charge in [0.2, 0.25) is 0 Å². The number of esters is 1. The van der Waals surface area contributed by atoms with Gasteiger partial charge in [0.15, 0.2) is 0 Å². The van der Waals surface area contributed by atoms with Crippen LogP contribution in [0.3, 0.4) is 0 Å². The van der Waals surface area contributed by atoms with E-state index in [4.69, 9.17) is 4.74 Å². The van der Waals surface area contributed by atoms with Crippen molar-refractivity contribution in [3.8, 4) is 0 Å². The summed E-state index contributed by atoms with van der Waals surface area (Å²) in [5.41, 5.74) is -0.678. The molecule has 0 radical (unpaired) electrons. The van der Waals surface area contributed by atoms with Crippen LogP contribution < -0.4 is 0 Å². The van der Waals surface area contributed by atoms with Gasteiger partial charge >= 0.3 is 5.97 Å². The summed E-state index contributed by atoms with van der Waals surface area (Å²) in [6.07, 6.45) is -0.620. The van der Waals surface area contributed by atoms with Crippen LogP contribution in [0.4, 0.5) is 0 Å². The van der Waals surface area contributed by atoms with Crippen LogP contribution in [0.2, 0.25) is 0 Å². The van der Waals surface area contributed by atoms with Crippen LogP contribution in [0.25, 0.3) is 0 Å². The summed E-state index contributed by atoms with van der Waals surface area (Å²) in [6.45, 7) is 11.4. The molecule has 15 heavy (non-hydrogen) atoms. The Morgan fingerprint density at radius 1 is 1.20 bits per heavy atom. The fourth-order valence-corrected chi connectivity index (χ4v) is 2.66. The molecule has 1 aliphatic rings. The lowest BCUT2D eigenvalue weighted by Crippen LogP contribution is -2.68. The first kappa shape index (κ1) is 12.5. The zero-order valence-corrected chi connectivity index (χ0v) is 10.5. The Hall–Kier alpha value is -0.570. The average molecular weight is 214 g/mol. The molecular formula is C12H22O3. The molecule has 0 spiro atoms. The van der Waals surface area contributed by atoms with Crippen molar-refractivity contribution in [2.45, 2.75) is 53.8 Å². The summed E-state index contributed by atoms with van der Waals surface area (Å²) in [5, 5.41) is 9.93. The second-order valence-electron chi connectivity index (χ2n) is 6.02. The molecule has 0 atom stereocenters. The van der Waals surface area contributed by atoms with Gasteiger partial charge in [0.1, 0.15) is 6.10 Å². The number of hydrogen-bond donors (Lipinski definition) is 1. The van der Waals surface area contributed by atoms with Gasteiger partial charge in [-0.25, -0.2) is 0 Å². The van der Waals surface area contributed by atoms with Gasteiger partial charge in [-0.05, 0) is 0 Å². The van der Waals surface area contributed by atoms with Crippen molar-refractivity contribution in [2.24, 2.45) is 16.7 Å². The first-order chi connectivity index (χ1) is 6.61. The number of carbonyl (C=O) groups is 1. The summed E-state index contributed by atoms with van der Waals surface area (Å²) in [6, 6.07) is 0. The third-order valence-electron chi connectivity index (χ3n) is 3.47. The van der Waals surface area contributed by atoms with Gasteiger partial charge in [-0.15, -0.1) is 0 Å². The smallest absolute Gasteiger partial charge is 0.308 e. The molecule has 1 rings (SSSR count). The van der Waals surface area contributed by atoms with Gasteiger partial charge in [-0.3, -0.25) is 4.79 Å². The van der Waals surface area contributed by atoms with Crippen LogP contribution in [0.5, 0.6) is 0 Å². The SMILES string of the molecule is CC(C)C(=O)OC1C(C)(C)C(O)C1(C)C. The number of aliphatic hydroxyl groups excluding tert-OH is 1. The Kier molecular flexibility index (Phi) is 2.90. The predicted octanol–water partition coefficient (Wildman–Crippen LogP) is 1.98. The van der Waals surface area contributed by atoms with E-state index in [0.717, 1.165) is 0 Å². The number of carbonyl (C=O) groups excluding carboxylic acids is 1. The van der Waals surface area contributed by atoms with Crippen molar-refractivity contribution in [1.29, 1.82) is 0 Å². The topological polar surface area (TPSA) is 46.5 Å². The maximum absolute atomic E-state index is 11.5. The van der Waals surface area contributed by atoms with Gasteiger partial charge in [-0.2, -0.15) is 0 Å². The maximum Gasteiger partial charge on any atom is 0.308 e. The molecule has 0 amide bonds. The third-order valence-corrected chi connectivity index (χ3v) is 3.47. The molecule has 3 nitrogen and oxygen atoms in total. The van der Waals surface area contributed by atoms with E-state index < -0.39 is 6.10 Å². The van der Waals surface area contributed by atoms with Crippen molar-refractivity contribution < 1.29 is 14.6 Å². The Morgan fingerprint density at radius 3 is 1.93 bits per heavy atom. The highest BCUT2D eigenvalue weighted by Gasteiger charge is 2.63. The minimum atomic E-state index is -0.421. The van der Waals surface area contributed by atoms with Gasteiger partial charge < -0.3 is 9.84 Å². The molecule has 1 N–H and O–H groups in total. The van der Waals surface area contributed by atoms with E-state index in [2.05, 4.69) is 0 Å². The van der Waals surface area contributed by atoms with Crippen molar-refractivity contribution in [2.75, 3.05) is 0 Å². The summed E-state index contributed by atoms with van der Waals surface area (Å²) in [7, 11) is 0. The monoisotopic (exact) mass is 214 g/mol. The second kappa shape index (κ2) is 3.48. The molecule has 88 valence electrons. The molecule has 0 saturated heterocycles. The Bertz CT molecular complexity index is 250. The maximum atomic E-state index is 11.5. The van der Waals surface area contributed by atoms with E-state index in [1.54, 1.807) is 0 Å². The van der Waals surface area contributed by atoms with E-state index in [-0.39, 0.29) is 28.8 Å².